The van der Waals surface area contributed by atoms with Gasteiger partial charge in [-0.25, -0.2) is 4.79 Å². The molecule has 0 aliphatic carbocycles. The number of fused-ring (bicyclic) bond motifs is 1. The van der Waals surface area contributed by atoms with Crippen LogP contribution in [-0.2, 0) is 11.8 Å². The molecule has 0 spiro atoms. The third kappa shape index (κ3) is 7.86. The van der Waals surface area contributed by atoms with Crippen molar-refractivity contribution in [2.24, 2.45) is 18.9 Å². The third-order valence-corrected chi connectivity index (χ3v) is 11.7. The lowest BCUT2D eigenvalue weighted by molar-refractivity contribution is -0.274. The van der Waals surface area contributed by atoms with E-state index >= 15 is 4.79 Å². The van der Waals surface area contributed by atoms with Gasteiger partial charge < -0.3 is 24.5 Å². The minimum atomic E-state index is -5.02. The summed E-state index contributed by atoms with van der Waals surface area (Å²) in [5.74, 6) is -2.08. The number of hydrogen-bond donors (Lipinski definition) is 2. The van der Waals surface area contributed by atoms with E-state index in [1.807, 2.05) is 79.8 Å². The van der Waals surface area contributed by atoms with E-state index in [2.05, 4.69) is 14.8 Å². The zero-order chi connectivity index (χ0) is 41.0. The number of aromatic carboxylic acids is 1. The summed E-state index contributed by atoms with van der Waals surface area (Å²) in [6, 6.07) is 10.9. The van der Waals surface area contributed by atoms with E-state index in [0.29, 0.717) is 40.8 Å². The number of carbonyl (C=O) groups excluding carboxylic acids is 1. The van der Waals surface area contributed by atoms with Gasteiger partial charge in [-0.3, -0.25) is 9.48 Å². The molecule has 6 rings (SSSR count). The first-order valence-electron chi connectivity index (χ1n) is 18.2. The number of allylic oxidation sites excluding steroid dienone is 1. The van der Waals surface area contributed by atoms with Gasteiger partial charge in [0.05, 0.1) is 23.5 Å². The maximum absolute atomic E-state index is 15.1. The van der Waals surface area contributed by atoms with E-state index in [-0.39, 0.29) is 40.7 Å². The van der Waals surface area contributed by atoms with Gasteiger partial charge in [-0.2, -0.15) is 5.10 Å². The number of aromatic nitrogens is 3. The molecule has 3 aromatic carbocycles. The molecular weight excluding hydrogens is 768 g/mol. The molecule has 2 aromatic heterocycles. The lowest BCUT2D eigenvalue weighted by atomic mass is 9.77. The fourth-order valence-electron chi connectivity index (χ4n) is 7.77. The summed E-state index contributed by atoms with van der Waals surface area (Å²) in [5.41, 5.74) is 8.06. The highest BCUT2D eigenvalue weighted by molar-refractivity contribution is 6.34. The van der Waals surface area contributed by atoms with Crippen LogP contribution in [0.15, 0.2) is 48.0 Å². The highest BCUT2D eigenvalue weighted by Gasteiger charge is 2.39. The number of aromatic amines is 1. The molecule has 1 aliphatic rings. The topological polar surface area (TPSA) is 110 Å². The van der Waals surface area contributed by atoms with Crippen molar-refractivity contribution in [3.8, 4) is 22.6 Å². The van der Waals surface area contributed by atoms with Gasteiger partial charge in [0.1, 0.15) is 17.2 Å². The second-order valence-corrected chi connectivity index (χ2v) is 15.4. The summed E-state index contributed by atoms with van der Waals surface area (Å²) in [6.07, 6.45) is -4.11. The number of anilines is 1. The van der Waals surface area contributed by atoms with Crippen LogP contribution in [0.5, 0.6) is 11.5 Å². The van der Waals surface area contributed by atoms with Gasteiger partial charge in [0.15, 0.2) is 0 Å². The minimum absolute atomic E-state index is 0.0711. The number of carbonyl (C=O) groups is 2. The second-order valence-electron chi connectivity index (χ2n) is 14.6. The van der Waals surface area contributed by atoms with E-state index in [4.69, 9.17) is 27.9 Å². The summed E-state index contributed by atoms with van der Waals surface area (Å²) in [5, 5.41) is 15.7. The van der Waals surface area contributed by atoms with Crippen molar-refractivity contribution in [1.82, 2.24) is 14.8 Å². The number of rotatable bonds is 10. The standard InChI is InChI=1S/C42H43Cl2F3N4O5/c1-20-14-28(15-21(2)38(20)44)55-13-9-10-31(30-11-12-32(43)36(24(30)5)37-25(6)49-50(8)26(37)7)35-23(4)22(3)19-51(40(35)52)34-18-29(56-42(45,46)47)16-27-17-33(41(53)54)48-39(27)34/h11-12,14-18,22-23,48H,9-10,13,19H2,1-8H3,(H,53,54)/b35-31+/t22-,23?/m1/s1. The zero-order valence-corrected chi connectivity index (χ0v) is 33.8. The van der Waals surface area contributed by atoms with Crippen LogP contribution in [0.25, 0.3) is 27.6 Å². The molecule has 1 fully saturated rings. The second kappa shape index (κ2) is 15.5. The highest BCUT2D eigenvalue weighted by atomic mass is 35.5. The summed E-state index contributed by atoms with van der Waals surface area (Å²) in [7, 11) is 1.86. The Kier molecular flexibility index (Phi) is 11.3. The Labute approximate surface area is 333 Å². The quantitative estimate of drug-likeness (QED) is 0.107. The van der Waals surface area contributed by atoms with Crippen LogP contribution in [0.4, 0.5) is 18.9 Å². The Balaban J connectivity index is 1.52. The molecule has 5 aromatic rings. The van der Waals surface area contributed by atoms with E-state index in [1.165, 1.54) is 11.0 Å². The molecule has 2 N–H and O–H groups in total. The van der Waals surface area contributed by atoms with Crippen molar-refractivity contribution >= 4 is 57.2 Å². The molecule has 0 radical (unpaired) electrons. The number of H-pyrrole nitrogens is 1. The smallest absolute Gasteiger partial charge is 0.494 e. The number of carboxylic acids is 1. The Bertz CT molecular complexity index is 2390. The summed E-state index contributed by atoms with van der Waals surface area (Å²) in [4.78, 5) is 31.3. The lowest BCUT2D eigenvalue weighted by Crippen LogP contribution is -2.45. The first kappa shape index (κ1) is 40.7. The zero-order valence-electron chi connectivity index (χ0n) is 32.3. The number of nitrogens with one attached hydrogen (secondary N) is 1. The molecule has 1 unspecified atom stereocenters. The molecule has 0 bridgehead atoms. The largest absolute Gasteiger partial charge is 0.573 e. The Morgan fingerprint density at radius 3 is 2.29 bits per heavy atom. The van der Waals surface area contributed by atoms with Crippen LogP contribution < -0.4 is 14.4 Å². The predicted octanol–water partition coefficient (Wildman–Crippen LogP) is 10.9. The number of ether oxygens (including phenoxy) is 2. The highest BCUT2D eigenvalue weighted by Crippen LogP contribution is 2.45. The molecule has 0 saturated carbocycles. The van der Waals surface area contributed by atoms with Crippen molar-refractivity contribution in [2.45, 2.75) is 67.7 Å². The van der Waals surface area contributed by atoms with Crippen LogP contribution in [-0.4, -0.2) is 51.3 Å². The average molecular weight is 812 g/mol. The summed E-state index contributed by atoms with van der Waals surface area (Å²) >= 11 is 13.3. The molecule has 2 atom stereocenters. The molecule has 3 heterocycles. The molecule has 296 valence electrons. The van der Waals surface area contributed by atoms with Gasteiger partial charge in [-0.1, -0.05) is 43.1 Å². The van der Waals surface area contributed by atoms with Crippen molar-refractivity contribution in [1.29, 1.82) is 0 Å². The fourth-order valence-corrected chi connectivity index (χ4v) is 8.18. The number of halogens is 5. The number of alkyl halides is 3. The number of nitrogens with zero attached hydrogens (tertiary/aromatic N) is 3. The maximum atomic E-state index is 15.1. The fraction of sp³-hybridized carbons (Fsp3) is 0.357. The van der Waals surface area contributed by atoms with Gasteiger partial charge in [-0.15, -0.1) is 13.2 Å². The van der Waals surface area contributed by atoms with E-state index in [0.717, 1.165) is 62.5 Å². The summed E-state index contributed by atoms with van der Waals surface area (Å²) < 4.78 is 52.9. The predicted molar refractivity (Wildman–Crippen MR) is 213 cm³/mol. The van der Waals surface area contributed by atoms with Gasteiger partial charge >= 0.3 is 12.3 Å². The van der Waals surface area contributed by atoms with Crippen molar-refractivity contribution in [2.75, 3.05) is 18.1 Å². The summed E-state index contributed by atoms with van der Waals surface area (Å²) in [6.45, 7) is 14.1. The maximum Gasteiger partial charge on any atom is 0.573 e. The number of piperidine rings is 1. The lowest BCUT2D eigenvalue weighted by Gasteiger charge is -2.39. The van der Waals surface area contributed by atoms with Gasteiger partial charge in [0.25, 0.3) is 5.91 Å². The number of carboxylic acid groups (broad SMARTS) is 1. The van der Waals surface area contributed by atoms with Crippen molar-refractivity contribution < 1.29 is 37.3 Å². The van der Waals surface area contributed by atoms with Crippen LogP contribution in [0.3, 0.4) is 0 Å². The molecular formula is C42H43Cl2F3N4O5. The third-order valence-electron chi connectivity index (χ3n) is 10.8. The molecule has 1 aliphatic heterocycles. The molecule has 14 heteroatoms. The monoisotopic (exact) mass is 810 g/mol. The number of hydrogen-bond acceptors (Lipinski definition) is 5. The van der Waals surface area contributed by atoms with E-state index < -0.39 is 24.0 Å². The van der Waals surface area contributed by atoms with Crippen LogP contribution in [0.2, 0.25) is 10.0 Å². The van der Waals surface area contributed by atoms with Gasteiger partial charge in [-0.05, 0) is 117 Å². The van der Waals surface area contributed by atoms with Crippen LogP contribution in [0.1, 0.15) is 70.8 Å². The Hall–Kier alpha value is -4.94. The first-order chi connectivity index (χ1) is 26.3. The van der Waals surface area contributed by atoms with Crippen molar-refractivity contribution in [3.05, 3.63) is 97.4 Å². The number of benzene rings is 3. The van der Waals surface area contributed by atoms with E-state index in [9.17, 15) is 23.1 Å². The molecule has 9 nitrogen and oxygen atoms in total. The Morgan fingerprint density at radius 1 is 1.00 bits per heavy atom. The molecule has 1 amide bonds. The minimum Gasteiger partial charge on any atom is -0.494 e. The van der Waals surface area contributed by atoms with Gasteiger partial charge in [0, 0.05) is 57.5 Å². The van der Waals surface area contributed by atoms with Crippen LogP contribution >= 0.6 is 23.2 Å². The SMILES string of the molecule is Cc1cc(OCCC/C(=C2\C(=O)N(c3cc(OC(F)(F)F)cc4cc(C(=O)O)[nH]c34)C[C@@H](C)C2C)c2ccc(Cl)c(-c3c(C)nn(C)c3C)c2C)cc(C)c1Cl. The van der Waals surface area contributed by atoms with E-state index in [1.54, 1.807) is 4.68 Å². The average Bonchev–Trinajstić information content (AvgIpc) is 3.65. The first-order valence-corrected chi connectivity index (χ1v) is 18.9. The van der Waals surface area contributed by atoms with Crippen LogP contribution in [0, 0.1) is 46.5 Å². The number of amides is 1. The van der Waals surface area contributed by atoms with Gasteiger partial charge in [0.2, 0.25) is 0 Å². The number of aryl methyl sites for hydroxylation is 4. The normalized spacial score (nSPS) is 17.2. The molecule has 1 saturated heterocycles. The molecule has 56 heavy (non-hydrogen) atoms. The Morgan fingerprint density at radius 2 is 1.68 bits per heavy atom. The van der Waals surface area contributed by atoms with Crippen molar-refractivity contribution in [3.63, 3.8) is 0 Å².